The van der Waals surface area contributed by atoms with Gasteiger partial charge in [-0.05, 0) is 79.8 Å². The first-order valence-electron chi connectivity index (χ1n) is 9.27. The summed E-state index contributed by atoms with van der Waals surface area (Å²) in [6.07, 6.45) is 1.81. The Bertz CT molecular complexity index is 973. The maximum atomic E-state index is 4.10. The Hall–Kier alpha value is -3.06. The number of rotatable bonds is 5. The maximum absolute atomic E-state index is 4.10. The van der Waals surface area contributed by atoms with Gasteiger partial charge in [0, 0.05) is 11.4 Å². The number of aryl methyl sites for hydroxylation is 4. The van der Waals surface area contributed by atoms with Crippen molar-refractivity contribution >= 4 is 22.6 Å². The van der Waals surface area contributed by atoms with Gasteiger partial charge < -0.3 is 4.90 Å². The molecule has 0 aliphatic rings. The molecule has 1 heteroatoms. The van der Waals surface area contributed by atoms with Gasteiger partial charge in [-0.3, -0.25) is 0 Å². The first-order chi connectivity index (χ1) is 12.9. The summed E-state index contributed by atoms with van der Waals surface area (Å²) in [5.74, 6) is 0. The second-order valence-electron chi connectivity index (χ2n) is 7.15. The molecule has 136 valence electrons. The molecule has 27 heavy (non-hydrogen) atoms. The van der Waals surface area contributed by atoms with E-state index in [0.717, 1.165) is 22.5 Å². The van der Waals surface area contributed by atoms with Crippen molar-refractivity contribution in [1.29, 1.82) is 0 Å². The van der Waals surface area contributed by atoms with Crippen LogP contribution in [0.5, 0.6) is 0 Å². The van der Waals surface area contributed by atoms with Gasteiger partial charge >= 0.3 is 0 Å². The Morgan fingerprint density at radius 3 is 1.96 bits per heavy atom. The van der Waals surface area contributed by atoms with E-state index in [4.69, 9.17) is 0 Å². The first-order valence-corrected chi connectivity index (χ1v) is 9.27. The monoisotopic (exact) mass is 353 g/mol. The van der Waals surface area contributed by atoms with Gasteiger partial charge in [0.1, 0.15) is 0 Å². The molecule has 0 saturated carbocycles. The lowest BCUT2D eigenvalue weighted by Gasteiger charge is -2.29. The molecule has 0 N–H and O–H groups in total. The highest BCUT2D eigenvalue weighted by Gasteiger charge is 2.17. The van der Waals surface area contributed by atoms with Gasteiger partial charge in [0.2, 0.25) is 0 Å². The molecule has 3 aromatic rings. The number of benzene rings is 3. The Balaban J connectivity index is 2.23. The summed E-state index contributed by atoms with van der Waals surface area (Å²) >= 11 is 0. The van der Waals surface area contributed by atoms with E-state index >= 15 is 0 Å². The van der Waals surface area contributed by atoms with Crippen molar-refractivity contribution < 1.29 is 0 Å². The van der Waals surface area contributed by atoms with Crippen LogP contribution < -0.4 is 4.90 Å². The van der Waals surface area contributed by atoms with Gasteiger partial charge in [0.15, 0.2) is 0 Å². The average Bonchev–Trinajstić information content (AvgIpc) is 2.64. The van der Waals surface area contributed by atoms with Crippen molar-refractivity contribution in [2.24, 2.45) is 0 Å². The quantitative estimate of drug-likeness (QED) is 0.427. The molecule has 1 nitrogen and oxygen atoms in total. The number of hydrogen-bond donors (Lipinski definition) is 0. The minimum absolute atomic E-state index is 0.952. The maximum Gasteiger partial charge on any atom is 0.0520 e. The molecule has 3 aromatic carbocycles. The van der Waals surface area contributed by atoms with Crippen LogP contribution in [0, 0.1) is 27.7 Å². The van der Waals surface area contributed by atoms with Crippen LogP contribution in [0.15, 0.2) is 79.9 Å². The van der Waals surface area contributed by atoms with Crippen molar-refractivity contribution in [2.75, 3.05) is 4.90 Å². The van der Waals surface area contributed by atoms with Crippen LogP contribution in [0.1, 0.15) is 27.8 Å². The number of nitrogens with zero attached hydrogens (tertiary/aromatic N) is 1. The standard InChI is InChI=1S/C26H27N/c1-7-19(3)25-14-13-24(17-20(25)4)27(23-11-9-8-10-12-23)26-21(5)15-18(2)16-22(26)6/h7-17H,1,3H2,2,4-6H3. The fraction of sp³-hybridized carbons (Fsp3) is 0.154. The van der Waals surface area contributed by atoms with Gasteiger partial charge in [-0.25, -0.2) is 0 Å². The third-order valence-electron chi connectivity index (χ3n) is 4.93. The lowest BCUT2D eigenvalue weighted by molar-refractivity contribution is 1.20. The van der Waals surface area contributed by atoms with Crippen LogP contribution in [0.25, 0.3) is 5.57 Å². The molecule has 0 unspecified atom stereocenters. The lowest BCUT2D eigenvalue weighted by atomic mass is 9.99. The summed E-state index contributed by atoms with van der Waals surface area (Å²) in [5, 5.41) is 0. The molecule has 0 bridgehead atoms. The summed E-state index contributed by atoms with van der Waals surface area (Å²) < 4.78 is 0. The number of allylic oxidation sites excluding steroid dienone is 2. The van der Waals surface area contributed by atoms with E-state index in [1.165, 1.54) is 27.9 Å². The highest BCUT2D eigenvalue weighted by molar-refractivity contribution is 5.83. The van der Waals surface area contributed by atoms with E-state index in [1.807, 2.05) is 6.08 Å². The number of anilines is 3. The van der Waals surface area contributed by atoms with Crippen LogP contribution in [0.2, 0.25) is 0 Å². The van der Waals surface area contributed by atoms with Crippen LogP contribution >= 0.6 is 0 Å². The Morgan fingerprint density at radius 2 is 1.41 bits per heavy atom. The van der Waals surface area contributed by atoms with Crippen LogP contribution in [0.3, 0.4) is 0 Å². The molecule has 0 heterocycles. The molecule has 0 atom stereocenters. The Labute approximate surface area is 163 Å². The van der Waals surface area contributed by atoms with Crippen LogP contribution in [-0.4, -0.2) is 0 Å². The average molecular weight is 354 g/mol. The zero-order valence-corrected chi connectivity index (χ0v) is 16.7. The molecule has 0 aliphatic carbocycles. The normalized spacial score (nSPS) is 10.5. The molecule has 0 fully saturated rings. The smallest absolute Gasteiger partial charge is 0.0520 e. The predicted octanol–water partition coefficient (Wildman–Crippen LogP) is 7.59. The zero-order chi connectivity index (χ0) is 19.6. The largest absolute Gasteiger partial charge is 0.310 e. The third kappa shape index (κ3) is 3.73. The molecule has 3 rings (SSSR count). The van der Waals surface area contributed by atoms with E-state index in [1.54, 1.807) is 0 Å². The fourth-order valence-corrected chi connectivity index (χ4v) is 3.77. The predicted molar refractivity (Wildman–Crippen MR) is 119 cm³/mol. The molecular weight excluding hydrogens is 326 g/mol. The van der Waals surface area contributed by atoms with Crippen molar-refractivity contribution in [1.82, 2.24) is 0 Å². The summed E-state index contributed by atoms with van der Waals surface area (Å²) in [6, 6.07) is 21.6. The van der Waals surface area contributed by atoms with Crippen LogP contribution in [-0.2, 0) is 0 Å². The Kier molecular flexibility index (Phi) is 5.32. The minimum atomic E-state index is 0.952. The summed E-state index contributed by atoms with van der Waals surface area (Å²) in [4.78, 5) is 2.34. The van der Waals surface area contributed by atoms with E-state index in [0.29, 0.717) is 0 Å². The zero-order valence-electron chi connectivity index (χ0n) is 16.7. The topological polar surface area (TPSA) is 3.24 Å². The Morgan fingerprint density at radius 1 is 0.778 bits per heavy atom. The molecule has 0 aromatic heterocycles. The summed E-state index contributed by atoms with van der Waals surface area (Å²) in [5.41, 5.74) is 10.7. The van der Waals surface area contributed by atoms with Crippen molar-refractivity contribution in [3.05, 3.63) is 108 Å². The number of para-hydroxylation sites is 1. The molecular formula is C26H27N. The minimum Gasteiger partial charge on any atom is -0.310 e. The second-order valence-corrected chi connectivity index (χ2v) is 7.15. The van der Waals surface area contributed by atoms with Gasteiger partial charge in [-0.2, -0.15) is 0 Å². The molecule has 0 saturated heterocycles. The van der Waals surface area contributed by atoms with Gasteiger partial charge in [-0.1, -0.05) is 61.2 Å². The molecule has 0 amide bonds. The van der Waals surface area contributed by atoms with Crippen molar-refractivity contribution in [3.8, 4) is 0 Å². The van der Waals surface area contributed by atoms with E-state index in [9.17, 15) is 0 Å². The van der Waals surface area contributed by atoms with Crippen LogP contribution in [0.4, 0.5) is 17.1 Å². The van der Waals surface area contributed by atoms with Crippen molar-refractivity contribution in [3.63, 3.8) is 0 Å². The molecule has 0 radical (unpaired) electrons. The lowest BCUT2D eigenvalue weighted by Crippen LogP contribution is -2.13. The van der Waals surface area contributed by atoms with Gasteiger partial charge in [-0.15, -0.1) is 0 Å². The first kappa shape index (κ1) is 18.7. The molecule has 0 aliphatic heterocycles. The van der Waals surface area contributed by atoms with E-state index < -0.39 is 0 Å². The fourth-order valence-electron chi connectivity index (χ4n) is 3.77. The van der Waals surface area contributed by atoms with Gasteiger partial charge in [0.05, 0.1) is 5.69 Å². The van der Waals surface area contributed by atoms with E-state index in [-0.39, 0.29) is 0 Å². The number of hydrogen-bond acceptors (Lipinski definition) is 1. The summed E-state index contributed by atoms with van der Waals surface area (Å²) in [7, 11) is 0. The SMILES string of the molecule is C=CC(=C)c1ccc(N(c2ccccc2)c2c(C)cc(C)cc2C)cc1C. The second kappa shape index (κ2) is 7.67. The van der Waals surface area contributed by atoms with Gasteiger partial charge in [0.25, 0.3) is 0 Å². The molecule has 0 spiro atoms. The summed E-state index contributed by atoms with van der Waals surface area (Å²) in [6.45, 7) is 16.6. The van der Waals surface area contributed by atoms with E-state index in [2.05, 4.69) is 106 Å². The van der Waals surface area contributed by atoms with Crippen molar-refractivity contribution in [2.45, 2.75) is 27.7 Å². The third-order valence-corrected chi connectivity index (χ3v) is 4.93. The highest BCUT2D eigenvalue weighted by atomic mass is 15.1. The highest BCUT2D eigenvalue weighted by Crippen LogP contribution is 2.39.